The molecule has 0 aliphatic rings. The van der Waals surface area contributed by atoms with E-state index in [-0.39, 0.29) is 17.2 Å². The van der Waals surface area contributed by atoms with Crippen molar-refractivity contribution in [3.63, 3.8) is 0 Å². The van der Waals surface area contributed by atoms with Crippen molar-refractivity contribution in [2.45, 2.75) is 13.3 Å². The van der Waals surface area contributed by atoms with E-state index < -0.39 is 10.8 Å². The van der Waals surface area contributed by atoms with Crippen LogP contribution in [0.3, 0.4) is 0 Å². The summed E-state index contributed by atoms with van der Waals surface area (Å²) in [6, 6.07) is 8.76. The van der Waals surface area contributed by atoms with Crippen molar-refractivity contribution >= 4 is 28.8 Å². The van der Waals surface area contributed by atoms with Crippen LogP contribution in [0.4, 0.5) is 5.69 Å². The largest absolute Gasteiger partial charge is 0.504 e. The Bertz CT molecular complexity index is 1150. The van der Waals surface area contributed by atoms with Gasteiger partial charge in [0.05, 0.1) is 17.7 Å². The quantitative estimate of drug-likeness (QED) is 0.251. The van der Waals surface area contributed by atoms with Crippen LogP contribution in [0.1, 0.15) is 28.6 Å². The van der Waals surface area contributed by atoms with Crippen LogP contribution in [0.2, 0.25) is 0 Å². The van der Waals surface area contributed by atoms with Crippen LogP contribution in [0.15, 0.2) is 58.6 Å². The van der Waals surface area contributed by atoms with E-state index in [2.05, 4.69) is 17.1 Å². The highest BCUT2D eigenvalue weighted by Gasteiger charge is 2.15. The number of benzene rings is 2. The lowest BCUT2D eigenvalue weighted by molar-refractivity contribution is -0.384. The van der Waals surface area contributed by atoms with Gasteiger partial charge in [-0.15, -0.1) is 6.58 Å². The summed E-state index contributed by atoms with van der Waals surface area (Å²) in [7, 11) is 0. The molecule has 0 fully saturated rings. The van der Waals surface area contributed by atoms with Crippen LogP contribution in [0.5, 0.6) is 11.5 Å². The topological polar surface area (TPSA) is 127 Å². The summed E-state index contributed by atoms with van der Waals surface area (Å²) >= 11 is 0. The number of hydrogen-bond acceptors (Lipinski definition) is 7. The lowest BCUT2D eigenvalue weighted by Crippen LogP contribution is -2.16. The molecular weight excluding hydrogens is 390 g/mol. The minimum atomic E-state index is -0.611. The van der Waals surface area contributed by atoms with E-state index in [1.807, 2.05) is 0 Å². The number of nitrogens with one attached hydrogen (secondary N) is 1. The average Bonchev–Trinajstić information content (AvgIpc) is 3.15. The highest BCUT2D eigenvalue weighted by atomic mass is 16.6. The van der Waals surface area contributed by atoms with Gasteiger partial charge < -0.3 is 14.3 Å². The molecule has 0 aliphatic carbocycles. The van der Waals surface area contributed by atoms with Crippen LogP contribution >= 0.6 is 0 Å². The number of hydrazone groups is 1. The van der Waals surface area contributed by atoms with Crippen LogP contribution < -0.4 is 10.2 Å². The maximum absolute atomic E-state index is 12.3. The maximum Gasteiger partial charge on any atom is 0.307 e. The van der Waals surface area contributed by atoms with Crippen molar-refractivity contribution in [2.24, 2.45) is 5.10 Å². The molecule has 0 saturated carbocycles. The van der Waals surface area contributed by atoms with Crippen LogP contribution in [-0.4, -0.2) is 28.8 Å². The van der Waals surface area contributed by atoms with Gasteiger partial charge in [0.2, 0.25) is 0 Å². The summed E-state index contributed by atoms with van der Waals surface area (Å²) in [5.41, 5.74) is 3.82. The number of hydrogen-bond donors (Lipinski definition) is 2. The number of nitrogens with zero attached hydrogens (tertiary/aromatic N) is 2. The standard InChI is InChI=1S/C21H19N3O6/c1-3-5-14-8-13(9-18(20(14)25)29-4-2)12-22-23-21(26)19-11-15-10-16(24(27)28)6-7-17(15)30-19/h3,6-12,25H,1,4-5H2,2H3,(H,23,26). The molecule has 0 atom stereocenters. The lowest BCUT2D eigenvalue weighted by Gasteiger charge is -2.10. The first-order chi connectivity index (χ1) is 14.4. The first-order valence-corrected chi connectivity index (χ1v) is 9.04. The monoisotopic (exact) mass is 409 g/mol. The highest BCUT2D eigenvalue weighted by Crippen LogP contribution is 2.32. The predicted octanol–water partition coefficient (Wildman–Crippen LogP) is 3.94. The number of amides is 1. The van der Waals surface area contributed by atoms with Crippen LogP contribution in [0.25, 0.3) is 11.0 Å². The number of carbonyl (C=O) groups excluding carboxylic acids is 1. The van der Waals surface area contributed by atoms with E-state index in [1.54, 1.807) is 25.1 Å². The molecule has 154 valence electrons. The molecule has 1 aromatic heterocycles. The molecule has 1 heterocycles. The van der Waals surface area contributed by atoms with Gasteiger partial charge in [0.15, 0.2) is 17.3 Å². The van der Waals surface area contributed by atoms with Gasteiger partial charge in [-0.25, -0.2) is 5.43 Å². The molecule has 9 nitrogen and oxygen atoms in total. The van der Waals surface area contributed by atoms with E-state index in [4.69, 9.17) is 9.15 Å². The summed E-state index contributed by atoms with van der Waals surface area (Å²) < 4.78 is 10.8. The minimum Gasteiger partial charge on any atom is -0.504 e. The van der Waals surface area contributed by atoms with Gasteiger partial charge in [0.25, 0.3) is 5.69 Å². The van der Waals surface area contributed by atoms with Crippen molar-refractivity contribution in [1.82, 2.24) is 5.43 Å². The number of furan rings is 1. The van der Waals surface area contributed by atoms with Crippen LogP contribution in [0, 0.1) is 10.1 Å². The van der Waals surface area contributed by atoms with E-state index in [0.29, 0.717) is 40.9 Å². The smallest absolute Gasteiger partial charge is 0.307 e. The molecular formula is C21H19N3O6. The molecule has 3 rings (SSSR count). The van der Waals surface area contributed by atoms with E-state index in [0.717, 1.165) is 0 Å². The molecule has 3 aromatic rings. The normalized spacial score (nSPS) is 11.0. The number of rotatable bonds is 8. The molecule has 2 aromatic carbocycles. The number of nitro groups is 1. The summed E-state index contributed by atoms with van der Waals surface area (Å²) in [4.78, 5) is 22.6. The second-order valence-electron chi connectivity index (χ2n) is 6.24. The maximum atomic E-state index is 12.3. The summed E-state index contributed by atoms with van der Waals surface area (Å²) in [6.45, 7) is 5.84. The van der Waals surface area contributed by atoms with Gasteiger partial charge in [0, 0.05) is 23.1 Å². The van der Waals surface area contributed by atoms with Crippen molar-refractivity contribution in [2.75, 3.05) is 6.61 Å². The summed E-state index contributed by atoms with van der Waals surface area (Å²) in [5.74, 6) is -0.297. The fraction of sp³-hybridized carbons (Fsp3) is 0.143. The van der Waals surface area contributed by atoms with Gasteiger partial charge in [-0.2, -0.15) is 5.10 Å². The van der Waals surface area contributed by atoms with Gasteiger partial charge in [-0.1, -0.05) is 6.08 Å². The van der Waals surface area contributed by atoms with Crippen molar-refractivity contribution < 1.29 is 24.0 Å². The summed E-state index contributed by atoms with van der Waals surface area (Å²) in [5, 5.41) is 25.4. The Morgan fingerprint density at radius 1 is 1.37 bits per heavy atom. The minimum absolute atomic E-state index is 0.0318. The second-order valence-corrected chi connectivity index (χ2v) is 6.24. The Balaban J connectivity index is 1.77. The zero-order valence-corrected chi connectivity index (χ0v) is 16.1. The molecule has 0 saturated heterocycles. The van der Waals surface area contributed by atoms with Crippen molar-refractivity contribution in [3.8, 4) is 11.5 Å². The number of fused-ring (bicyclic) bond motifs is 1. The first kappa shape index (κ1) is 20.6. The number of phenolic OH excluding ortho intramolecular Hbond substituents is 1. The Labute approximate surface area is 171 Å². The molecule has 0 spiro atoms. The Hall–Kier alpha value is -4.14. The fourth-order valence-electron chi connectivity index (χ4n) is 2.82. The average molecular weight is 409 g/mol. The number of aromatic hydroxyl groups is 1. The van der Waals surface area contributed by atoms with Crippen LogP contribution in [-0.2, 0) is 6.42 Å². The molecule has 0 radical (unpaired) electrons. The first-order valence-electron chi connectivity index (χ1n) is 9.04. The molecule has 1 amide bonds. The third-order valence-corrected chi connectivity index (χ3v) is 4.15. The SMILES string of the molecule is C=CCc1cc(C=NNC(=O)c2cc3cc([N+](=O)[O-])ccc3o2)cc(OCC)c1O. The Morgan fingerprint density at radius 2 is 2.17 bits per heavy atom. The van der Waals surface area contributed by atoms with E-state index >= 15 is 0 Å². The highest BCUT2D eigenvalue weighted by molar-refractivity contribution is 5.97. The predicted molar refractivity (Wildman–Crippen MR) is 111 cm³/mol. The lowest BCUT2D eigenvalue weighted by atomic mass is 10.1. The fourth-order valence-corrected chi connectivity index (χ4v) is 2.82. The Morgan fingerprint density at radius 3 is 2.87 bits per heavy atom. The number of ether oxygens (including phenoxy) is 1. The number of allylic oxidation sites excluding steroid dienone is 1. The zero-order valence-electron chi connectivity index (χ0n) is 16.1. The number of nitro benzene ring substituents is 1. The van der Waals surface area contributed by atoms with Crippen molar-refractivity contribution in [1.29, 1.82) is 0 Å². The van der Waals surface area contributed by atoms with Gasteiger partial charge in [-0.05, 0) is 43.2 Å². The van der Waals surface area contributed by atoms with Gasteiger partial charge in [-0.3, -0.25) is 14.9 Å². The zero-order chi connectivity index (χ0) is 21.7. The summed E-state index contributed by atoms with van der Waals surface area (Å²) in [6.07, 6.45) is 3.49. The molecule has 2 N–H and O–H groups in total. The van der Waals surface area contributed by atoms with Crippen molar-refractivity contribution in [3.05, 3.63) is 76.1 Å². The van der Waals surface area contributed by atoms with Gasteiger partial charge >= 0.3 is 5.91 Å². The molecule has 0 unspecified atom stereocenters. The molecule has 0 bridgehead atoms. The Kier molecular flexibility index (Phi) is 6.11. The number of phenols is 1. The second kappa shape index (κ2) is 8.91. The molecule has 9 heteroatoms. The van der Waals surface area contributed by atoms with E-state index in [9.17, 15) is 20.0 Å². The van der Waals surface area contributed by atoms with Gasteiger partial charge in [0.1, 0.15) is 5.58 Å². The third-order valence-electron chi connectivity index (χ3n) is 4.15. The number of carbonyl (C=O) groups is 1. The number of non-ortho nitro benzene ring substituents is 1. The third kappa shape index (κ3) is 4.46. The molecule has 30 heavy (non-hydrogen) atoms. The van der Waals surface area contributed by atoms with E-state index in [1.165, 1.54) is 30.5 Å². The molecule has 0 aliphatic heterocycles.